The molecule has 4 aliphatic carbocycles. The molecule has 1 amide bonds. The first-order valence-electron chi connectivity index (χ1n) is 13.7. The number of aromatic nitrogens is 2. The quantitative estimate of drug-likeness (QED) is 0.479. The fourth-order valence-corrected chi connectivity index (χ4v) is 7.45. The molecule has 38 heavy (non-hydrogen) atoms. The lowest BCUT2D eigenvalue weighted by Gasteiger charge is -2.54. The molecule has 0 spiro atoms. The molecule has 3 aromatic rings. The van der Waals surface area contributed by atoms with Crippen LogP contribution in [0.3, 0.4) is 0 Å². The van der Waals surface area contributed by atoms with E-state index in [1.807, 2.05) is 60.9 Å². The Bertz CT molecular complexity index is 1280. The van der Waals surface area contributed by atoms with Gasteiger partial charge in [0.15, 0.2) is 0 Å². The van der Waals surface area contributed by atoms with Crippen LogP contribution in [-0.2, 0) is 4.84 Å². The minimum absolute atomic E-state index is 0.254. The van der Waals surface area contributed by atoms with E-state index in [2.05, 4.69) is 20.2 Å². The number of hydrogen-bond donors (Lipinski definition) is 1. The lowest BCUT2D eigenvalue weighted by atomic mass is 9.54. The SMILES string of the molecule is COc1ccc(-c2cnc(N3CCN(OC(=O)NC4C5CC6CC(C5)CC4C6)c4ccccc43)nc2)cc1. The van der Waals surface area contributed by atoms with Gasteiger partial charge in [-0.05, 0) is 85.6 Å². The van der Waals surface area contributed by atoms with Gasteiger partial charge in [-0.1, -0.05) is 24.3 Å². The van der Waals surface area contributed by atoms with Gasteiger partial charge in [0.2, 0.25) is 5.95 Å². The number of para-hydroxylation sites is 2. The molecule has 196 valence electrons. The Balaban J connectivity index is 1.05. The first kappa shape index (κ1) is 23.3. The number of carbonyl (C=O) groups is 1. The number of rotatable bonds is 5. The van der Waals surface area contributed by atoms with Crippen LogP contribution in [-0.4, -0.2) is 42.3 Å². The number of nitrogens with one attached hydrogen (secondary N) is 1. The maximum Gasteiger partial charge on any atom is 0.431 e. The minimum atomic E-state index is -0.342. The van der Waals surface area contributed by atoms with Gasteiger partial charge in [0.25, 0.3) is 0 Å². The summed E-state index contributed by atoms with van der Waals surface area (Å²) in [6.45, 7) is 1.12. The third-order valence-electron chi connectivity index (χ3n) is 8.98. The highest BCUT2D eigenvalue weighted by molar-refractivity contribution is 5.79. The molecule has 4 bridgehead atoms. The van der Waals surface area contributed by atoms with Crippen molar-refractivity contribution in [2.75, 3.05) is 30.2 Å². The smallest absolute Gasteiger partial charge is 0.431 e. The highest BCUT2D eigenvalue weighted by atomic mass is 16.7. The molecule has 0 saturated heterocycles. The lowest BCUT2D eigenvalue weighted by molar-refractivity contribution is -0.0142. The molecule has 0 radical (unpaired) electrons. The topological polar surface area (TPSA) is 79.8 Å². The van der Waals surface area contributed by atoms with E-state index in [0.717, 1.165) is 40.1 Å². The number of carbonyl (C=O) groups excluding carboxylic acids is 1. The highest BCUT2D eigenvalue weighted by Crippen LogP contribution is 2.53. The van der Waals surface area contributed by atoms with Crippen LogP contribution >= 0.6 is 0 Å². The Kier molecular flexibility index (Phi) is 5.82. The highest BCUT2D eigenvalue weighted by Gasteiger charge is 2.49. The van der Waals surface area contributed by atoms with Crippen molar-refractivity contribution >= 4 is 23.4 Å². The molecule has 2 heterocycles. The Labute approximate surface area is 222 Å². The molecule has 8 nitrogen and oxygen atoms in total. The van der Waals surface area contributed by atoms with Crippen LogP contribution in [0.1, 0.15) is 32.1 Å². The number of methoxy groups -OCH3 is 1. The molecule has 5 aliphatic rings. The van der Waals surface area contributed by atoms with Crippen LogP contribution < -0.4 is 20.0 Å². The van der Waals surface area contributed by atoms with E-state index in [9.17, 15) is 4.79 Å². The van der Waals surface area contributed by atoms with E-state index in [1.165, 1.54) is 32.1 Å². The van der Waals surface area contributed by atoms with Crippen LogP contribution in [0.5, 0.6) is 5.75 Å². The second-order valence-corrected chi connectivity index (χ2v) is 11.2. The van der Waals surface area contributed by atoms with Gasteiger partial charge >= 0.3 is 6.09 Å². The van der Waals surface area contributed by atoms with Gasteiger partial charge in [0.1, 0.15) is 5.75 Å². The molecule has 8 heteroatoms. The number of anilines is 3. The molecule has 8 rings (SSSR count). The van der Waals surface area contributed by atoms with Gasteiger partial charge in [-0.3, -0.25) is 0 Å². The van der Waals surface area contributed by atoms with Crippen LogP contribution in [0.25, 0.3) is 11.1 Å². The molecule has 1 aromatic heterocycles. The van der Waals surface area contributed by atoms with E-state index >= 15 is 0 Å². The van der Waals surface area contributed by atoms with Gasteiger partial charge in [-0.15, -0.1) is 0 Å². The normalized spacial score (nSPS) is 27.1. The average molecular weight is 512 g/mol. The Hall–Kier alpha value is -3.81. The first-order valence-corrected chi connectivity index (χ1v) is 13.7. The summed E-state index contributed by atoms with van der Waals surface area (Å²) < 4.78 is 5.25. The second-order valence-electron chi connectivity index (χ2n) is 11.2. The Morgan fingerprint density at radius 2 is 1.50 bits per heavy atom. The zero-order chi connectivity index (χ0) is 25.6. The summed E-state index contributed by atoms with van der Waals surface area (Å²) in [5, 5.41) is 4.97. The van der Waals surface area contributed by atoms with E-state index in [0.29, 0.717) is 30.9 Å². The Morgan fingerprint density at radius 1 is 0.842 bits per heavy atom. The van der Waals surface area contributed by atoms with Gasteiger partial charge < -0.3 is 19.8 Å². The number of benzene rings is 2. The summed E-state index contributed by atoms with van der Waals surface area (Å²) in [7, 11) is 1.66. The van der Waals surface area contributed by atoms with E-state index in [-0.39, 0.29) is 12.1 Å². The van der Waals surface area contributed by atoms with Crippen LogP contribution in [0.15, 0.2) is 60.9 Å². The molecule has 2 aromatic carbocycles. The average Bonchev–Trinajstić information content (AvgIpc) is 2.95. The number of nitrogens with zero attached hydrogens (tertiary/aromatic N) is 4. The van der Waals surface area contributed by atoms with Crippen LogP contribution in [0.4, 0.5) is 22.1 Å². The standard InChI is InChI=1S/C30H33N5O3/c1-37-25-8-6-21(7-9-25)24-17-31-29(32-18-24)34-10-11-35(27-5-3-2-4-26(27)34)38-30(36)33-28-22-13-19-12-20(15-22)16-23(28)14-19/h2-9,17-20,22-23,28H,10-16H2,1H3,(H,33,36). The maximum absolute atomic E-state index is 13.1. The van der Waals surface area contributed by atoms with Crippen molar-refractivity contribution in [3.63, 3.8) is 0 Å². The predicted octanol–water partition coefficient (Wildman–Crippen LogP) is 5.58. The summed E-state index contributed by atoms with van der Waals surface area (Å²) in [6.07, 6.45) is 9.79. The summed E-state index contributed by atoms with van der Waals surface area (Å²) in [5.74, 6) is 4.40. The van der Waals surface area contributed by atoms with Gasteiger partial charge in [0, 0.05) is 30.5 Å². The number of ether oxygens (including phenoxy) is 1. The van der Waals surface area contributed by atoms with E-state index < -0.39 is 0 Å². The van der Waals surface area contributed by atoms with Crippen molar-refractivity contribution in [1.82, 2.24) is 15.3 Å². The number of amides is 1. The zero-order valence-corrected chi connectivity index (χ0v) is 21.6. The summed E-state index contributed by atoms with van der Waals surface area (Å²) >= 11 is 0. The maximum atomic E-state index is 13.1. The van der Waals surface area contributed by atoms with Crippen LogP contribution in [0.2, 0.25) is 0 Å². The molecular formula is C30H33N5O3. The molecular weight excluding hydrogens is 478 g/mol. The molecule has 4 saturated carbocycles. The largest absolute Gasteiger partial charge is 0.497 e. The van der Waals surface area contributed by atoms with Gasteiger partial charge in [0.05, 0.1) is 25.0 Å². The van der Waals surface area contributed by atoms with Gasteiger partial charge in [-0.2, -0.15) is 0 Å². The number of hydrogen-bond acceptors (Lipinski definition) is 7. The summed E-state index contributed by atoms with van der Waals surface area (Å²) in [4.78, 5) is 30.4. The predicted molar refractivity (Wildman–Crippen MR) is 145 cm³/mol. The second kappa shape index (κ2) is 9.49. The molecule has 1 aliphatic heterocycles. The molecule has 1 N–H and O–H groups in total. The fourth-order valence-electron chi connectivity index (χ4n) is 7.45. The molecule has 0 unspecified atom stereocenters. The van der Waals surface area contributed by atoms with Crippen molar-refractivity contribution in [1.29, 1.82) is 0 Å². The minimum Gasteiger partial charge on any atom is -0.497 e. The number of hydroxylamine groups is 1. The molecule has 4 fully saturated rings. The van der Waals surface area contributed by atoms with Gasteiger partial charge in [-0.25, -0.2) is 19.8 Å². The first-order chi connectivity index (χ1) is 18.6. The zero-order valence-electron chi connectivity index (χ0n) is 21.6. The number of fused-ring (bicyclic) bond motifs is 1. The van der Waals surface area contributed by atoms with Crippen LogP contribution in [0, 0.1) is 23.7 Å². The van der Waals surface area contributed by atoms with Crippen molar-refractivity contribution in [2.45, 2.75) is 38.1 Å². The fraction of sp³-hybridized carbons (Fsp3) is 0.433. The summed E-state index contributed by atoms with van der Waals surface area (Å²) in [5.41, 5.74) is 3.72. The third-order valence-corrected chi connectivity index (χ3v) is 8.98. The van der Waals surface area contributed by atoms with Crippen molar-refractivity contribution in [3.05, 3.63) is 60.9 Å². The summed E-state index contributed by atoms with van der Waals surface area (Å²) in [6, 6.07) is 16.0. The van der Waals surface area contributed by atoms with Crippen molar-refractivity contribution in [3.8, 4) is 16.9 Å². The molecule has 0 atom stereocenters. The van der Waals surface area contributed by atoms with Crippen molar-refractivity contribution < 1.29 is 14.4 Å². The van der Waals surface area contributed by atoms with E-state index in [1.54, 1.807) is 12.2 Å². The third kappa shape index (κ3) is 4.22. The monoisotopic (exact) mass is 511 g/mol. The Morgan fingerprint density at radius 3 is 2.16 bits per heavy atom. The van der Waals surface area contributed by atoms with Crippen molar-refractivity contribution in [2.24, 2.45) is 23.7 Å². The lowest BCUT2D eigenvalue weighted by Crippen LogP contribution is -2.56. The van der Waals surface area contributed by atoms with E-state index in [4.69, 9.17) is 9.57 Å².